The normalized spacial score (nSPS) is 40.2. The maximum Gasteiger partial charge on any atom is 0.252 e. The number of fused-ring (bicyclic) bond motifs is 6. The Morgan fingerprint density at radius 1 is 1.25 bits per heavy atom. The van der Waals surface area contributed by atoms with Crippen molar-refractivity contribution < 1.29 is 28.9 Å². The molecular formula is C27H31N3O6. The number of nitrogens with one attached hydrogen (secondary N) is 1. The number of hydrogen-bond donors (Lipinski definition) is 2. The van der Waals surface area contributed by atoms with Crippen LogP contribution >= 0.6 is 0 Å². The number of piperazine rings is 1. The number of carbonyl (C=O) groups excluding carboxylic acids is 2. The highest BCUT2D eigenvalue weighted by Gasteiger charge is 2.83. The predicted octanol–water partition coefficient (Wildman–Crippen LogP) is 1.96. The number of piperidine rings is 2. The van der Waals surface area contributed by atoms with Crippen LogP contribution < -0.4 is 10.1 Å². The molecule has 6 aliphatic heterocycles. The van der Waals surface area contributed by atoms with Crippen molar-refractivity contribution in [1.29, 1.82) is 0 Å². The van der Waals surface area contributed by atoms with Gasteiger partial charge in [0.05, 0.1) is 16.5 Å². The van der Waals surface area contributed by atoms with E-state index in [9.17, 15) is 19.9 Å². The third kappa shape index (κ3) is 2.09. The molecule has 4 saturated heterocycles. The van der Waals surface area contributed by atoms with Crippen LogP contribution in [0.15, 0.2) is 18.2 Å². The fourth-order valence-corrected chi connectivity index (χ4v) is 8.45. The van der Waals surface area contributed by atoms with Crippen LogP contribution in [0.1, 0.15) is 58.1 Å². The van der Waals surface area contributed by atoms with Crippen LogP contribution in [0.4, 0.5) is 5.69 Å². The van der Waals surface area contributed by atoms with Crippen molar-refractivity contribution in [2.45, 2.75) is 75.3 Å². The lowest BCUT2D eigenvalue weighted by atomic mass is 9.46. The van der Waals surface area contributed by atoms with E-state index in [0.29, 0.717) is 42.0 Å². The molecule has 1 aromatic carbocycles. The van der Waals surface area contributed by atoms with Crippen LogP contribution in [-0.4, -0.2) is 68.7 Å². The largest absolute Gasteiger partial charge is 0.618 e. The summed E-state index contributed by atoms with van der Waals surface area (Å²) in [4.78, 5) is 29.5. The summed E-state index contributed by atoms with van der Waals surface area (Å²) in [6, 6.07) is 3.45. The van der Waals surface area contributed by atoms with Gasteiger partial charge in [-0.2, -0.15) is 4.74 Å². The molecule has 1 aromatic rings. The molecule has 2 N–H and O–H groups in total. The van der Waals surface area contributed by atoms with E-state index in [0.717, 1.165) is 11.2 Å². The lowest BCUT2D eigenvalue weighted by Gasteiger charge is -2.67. The van der Waals surface area contributed by atoms with Gasteiger partial charge in [-0.1, -0.05) is 0 Å². The minimum Gasteiger partial charge on any atom is -0.618 e. The van der Waals surface area contributed by atoms with Gasteiger partial charge in [0.15, 0.2) is 5.54 Å². The zero-order valence-corrected chi connectivity index (χ0v) is 21.2. The Hall–Kier alpha value is -2.91. The Morgan fingerprint density at radius 2 is 2.00 bits per heavy atom. The molecule has 5 atom stereocenters. The molecule has 2 amide bonds. The zero-order valence-electron chi connectivity index (χ0n) is 21.2. The highest BCUT2D eigenvalue weighted by atomic mass is 16.5. The van der Waals surface area contributed by atoms with Gasteiger partial charge >= 0.3 is 0 Å². The lowest BCUT2D eigenvalue weighted by Crippen LogP contribution is -2.90. The fraction of sp³-hybridized carbons (Fsp3) is 0.593. The fourth-order valence-electron chi connectivity index (χ4n) is 8.45. The molecule has 2 spiro atoms. The van der Waals surface area contributed by atoms with Crippen LogP contribution in [0.25, 0.3) is 6.08 Å². The van der Waals surface area contributed by atoms with Crippen molar-refractivity contribution in [3.05, 3.63) is 34.5 Å². The summed E-state index contributed by atoms with van der Waals surface area (Å²) in [7, 11) is 1.43. The van der Waals surface area contributed by atoms with Crippen molar-refractivity contribution >= 4 is 29.3 Å². The number of benzene rings is 1. The second kappa shape index (κ2) is 6.14. The molecule has 36 heavy (non-hydrogen) atoms. The number of ether oxygens (including phenoxy) is 2. The summed E-state index contributed by atoms with van der Waals surface area (Å²) in [5, 5.41) is 29.9. The number of amides is 2. The summed E-state index contributed by atoms with van der Waals surface area (Å²) in [5.74, 6) is -0.298. The molecule has 8 rings (SSSR count). The second-order valence-electron chi connectivity index (χ2n) is 12.3. The minimum absolute atomic E-state index is 0.193. The van der Waals surface area contributed by atoms with Crippen LogP contribution in [0, 0.1) is 16.5 Å². The van der Waals surface area contributed by atoms with Gasteiger partial charge in [-0.15, -0.1) is 0 Å². The molecule has 2 bridgehead atoms. The second-order valence-corrected chi connectivity index (χ2v) is 12.3. The molecule has 6 heterocycles. The molecule has 5 fully saturated rings. The van der Waals surface area contributed by atoms with Gasteiger partial charge in [0.2, 0.25) is 22.9 Å². The lowest BCUT2D eigenvalue weighted by molar-refractivity contribution is -0.371. The highest BCUT2D eigenvalue weighted by molar-refractivity contribution is 6.10. The number of aliphatic hydroxyl groups is 1. The topological polar surface area (TPSA) is 114 Å². The van der Waals surface area contributed by atoms with Gasteiger partial charge in [-0.25, -0.2) is 0 Å². The molecular weight excluding hydrogens is 462 g/mol. The SMILES string of the molecule is CO[C@H]1[C@]23NC(=O)[C@@]4(CCCN4C2=O)C[C@H]3C(C)(C)C2=[N+]([O-])c3c(ccc4c3C=CC(C)(C)O4)[C@]21O. The van der Waals surface area contributed by atoms with E-state index in [1.807, 2.05) is 39.8 Å². The van der Waals surface area contributed by atoms with Gasteiger partial charge in [-0.3, -0.25) is 9.59 Å². The van der Waals surface area contributed by atoms with Crippen LogP contribution in [0.5, 0.6) is 5.75 Å². The maximum atomic E-state index is 14.2. The van der Waals surface area contributed by atoms with E-state index in [2.05, 4.69) is 5.32 Å². The van der Waals surface area contributed by atoms with Crippen LogP contribution in [0.3, 0.4) is 0 Å². The molecule has 0 unspecified atom stereocenters. The summed E-state index contributed by atoms with van der Waals surface area (Å²) in [6.07, 6.45) is 4.32. The van der Waals surface area contributed by atoms with Crippen molar-refractivity contribution in [3.63, 3.8) is 0 Å². The first kappa shape index (κ1) is 22.3. The number of carbonyl (C=O) groups is 2. The number of nitrogens with zero attached hydrogens (tertiary/aromatic N) is 2. The summed E-state index contributed by atoms with van der Waals surface area (Å²) in [6.45, 7) is 8.17. The van der Waals surface area contributed by atoms with Crippen molar-refractivity contribution in [2.24, 2.45) is 11.3 Å². The molecule has 9 nitrogen and oxygen atoms in total. The third-order valence-electron chi connectivity index (χ3n) is 9.81. The molecule has 9 heteroatoms. The van der Waals surface area contributed by atoms with Crippen LogP contribution in [-0.2, 0) is 19.9 Å². The monoisotopic (exact) mass is 493 g/mol. The van der Waals surface area contributed by atoms with Crippen LogP contribution in [0.2, 0.25) is 0 Å². The first-order valence-electron chi connectivity index (χ1n) is 12.7. The molecule has 0 aromatic heterocycles. The molecule has 1 saturated carbocycles. The van der Waals surface area contributed by atoms with Gasteiger partial charge in [0.25, 0.3) is 5.91 Å². The van der Waals surface area contributed by atoms with Crippen molar-refractivity contribution in [2.75, 3.05) is 13.7 Å². The average Bonchev–Trinajstić information content (AvgIpc) is 3.33. The van der Waals surface area contributed by atoms with E-state index in [-0.39, 0.29) is 17.5 Å². The van der Waals surface area contributed by atoms with E-state index < -0.39 is 39.7 Å². The highest BCUT2D eigenvalue weighted by Crippen LogP contribution is 2.65. The molecule has 7 aliphatic rings. The molecule has 0 radical (unpaired) electrons. The zero-order chi connectivity index (χ0) is 25.6. The Balaban J connectivity index is 1.52. The number of hydrogen-bond acceptors (Lipinski definition) is 6. The maximum absolute atomic E-state index is 14.2. The van der Waals surface area contributed by atoms with E-state index >= 15 is 0 Å². The smallest absolute Gasteiger partial charge is 0.252 e. The number of rotatable bonds is 1. The molecule has 190 valence electrons. The Labute approximate surface area is 209 Å². The van der Waals surface area contributed by atoms with Gasteiger partial charge in [-0.05, 0) is 71.2 Å². The Bertz CT molecular complexity index is 1350. The first-order chi connectivity index (χ1) is 16.9. The summed E-state index contributed by atoms with van der Waals surface area (Å²) < 4.78 is 12.9. The van der Waals surface area contributed by atoms with Gasteiger partial charge < -0.3 is 30.0 Å². The van der Waals surface area contributed by atoms with E-state index in [1.54, 1.807) is 17.0 Å². The average molecular weight is 494 g/mol. The molecule has 1 aliphatic carbocycles. The quantitative estimate of drug-likeness (QED) is 0.457. The minimum atomic E-state index is -1.93. The predicted molar refractivity (Wildman–Crippen MR) is 130 cm³/mol. The number of methoxy groups -OCH3 is 1. The van der Waals surface area contributed by atoms with E-state index in [4.69, 9.17) is 9.47 Å². The summed E-state index contributed by atoms with van der Waals surface area (Å²) >= 11 is 0. The third-order valence-corrected chi connectivity index (χ3v) is 9.81. The van der Waals surface area contributed by atoms with Gasteiger partial charge in [0.1, 0.15) is 23.0 Å². The summed E-state index contributed by atoms with van der Waals surface area (Å²) in [5.41, 5.74) is -4.30. The van der Waals surface area contributed by atoms with Crippen molar-refractivity contribution in [3.8, 4) is 5.75 Å². The van der Waals surface area contributed by atoms with Gasteiger partial charge in [0, 0.05) is 19.6 Å². The first-order valence-corrected chi connectivity index (χ1v) is 12.7. The standard InChI is InChI=1S/C27H31N3O6/c1-23(2)11-9-14-16(36-23)8-7-15-18(14)30(34)19-24(3,4)17-13-25-10-6-12-29(25)22(32)26(17,28-21(25)31)20(35-5)27(15,19)33/h7-9,11,17,20,33H,6,10,12-13H2,1-5H3,(H,28,31)/t17-,20-,25+,26-,27-/m0/s1. The van der Waals surface area contributed by atoms with Crippen molar-refractivity contribution in [1.82, 2.24) is 10.2 Å². The van der Waals surface area contributed by atoms with E-state index in [1.165, 1.54) is 7.11 Å². The Morgan fingerprint density at radius 3 is 2.72 bits per heavy atom. The Kier molecular flexibility index (Phi) is 3.80.